The topological polar surface area (TPSA) is 61.8 Å². The van der Waals surface area contributed by atoms with Crippen LogP contribution in [0.4, 0.5) is 0 Å². The molecule has 0 aliphatic rings. The summed E-state index contributed by atoms with van der Waals surface area (Å²) in [5, 5.41) is 8.01. The second-order valence-electron chi connectivity index (χ2n) is 1.12. The molecule has 0 atom stereocenters. The number of hydrogen-bond acceptors (Lipinski definition) is 4. The zero-order valence-corrected chi connectivity index (χ0v) is 5.37. The lowest BCUT2D eigenvalue weighted by atomic mass is 10.8. The van der Waals surface area contributed by atoms with Crippen molar-refractivity contribution in [2.75, 3.05) is 18.8 Å². The highest BCUT2D eigenvalue weighted by Crippen LogP contribution is 1.86. The van der Waals surface area contributed by atoms with Gasteiger partial charge in [-0.05, 0) is 0 Å². The average molecular weight is 131 g/mol. The summed E-state index contributed by atoms with van der Waals surface area (Å²) in [6, 6.07) is 1.95. The maximum atomic E-state index is 8.01. The lowest BCUT2D eigenvalue weighted by Crippen LogP contribution is -2.09. The SMILES string of the molecule is N#CCNSCCN. The van der Waals surface area contributed by atoms with Crippen LogP contribution in [0.15, 0.2) is 0 Å². The fourth-order valence-electron chi connectivity index (χ4n) is 0.214. The molecule has 8 heavy (non-hydrogen) atoms. The van der Waals surface area contributed by atoms with Gasteiger partial charge in [0.1, 0.15) is 0 Å². The quantitative estimate of drug-likeness (QED) is 0.312. The van der Waals surface area contributed by atoms with Crippen molar-refractivity contribution >= 4 is 11.9 Å². The number of nitriles is 1. The summed E-state index contributed by atoms with van der Waals surface area (Å²) in [6.45, 7) is 1.05. The van der Waals surface area contributed by atoms with Gasteiger partial charge < -0.3 is 5.73 Å². The number of nitrogens with two attached hydrogens (primary N) is 1. The normalized spacial score (nSPS) is 8.50. The fourth-order valence-corrected chi connectivity index (χ4v) is 0.643. The average Bonchev–Trinajstić information content (AvgIpc) is 1.81. The Hall–Kier alpha value is -0.240. The maximum Gasteiger partial charge on any atom is 0.0931 e. The summed E-state index contributed by atoms with van der Waals surface area (Å²) in [4.78, 5) is 0. The van der Waals surface area contributed by atoms with Crippen molar-refractivity contribution in [1.82, 2.24) is 4.72 Å². The molecule has 0 saturated heterocycles. The van der Waals surface area contributed by atoms with Gasteiger partial charge in [-0.1, -0.05) is 11.9 Å². The van der Waals surface area contributed by atoms with Crippen molar-refractivity contribution in [3.63, 3.8) is 0 Å². The molecule has 0 heterocycles. The molecular formula is C4H9N3S. The van der Waals surface area contributed by atoms with E-state index in [9.17, 15) is 0 Å². The molecule has 0 aliphatic carbocycles. The van der Waals surface area contributed by atoms with Crippen molar-refractivity contribution in [3.8, 4) is 6.07 Å². The van der Waals surface area contributed by atoms with Gasteiger partial charge in [0, 0.05) is 12.3 Å². The maximum absolute atomic E-state index is 8.01. The summed E-state index contributed by atoms with van der Waals surface area (Å²) >= 11 is 1.48. The van der Waals surface area contributed by atoms with Crippen molar-refractivity contribution < 1.29 is 0 Å². The molecule has 0 aromatic carbocycles. The largest absolute Gasteiger partial charge is 0.330 e. The highest BCUT2D eigenvalue weighted by Gasteiger charge is 1.80. The van der Waals surface area contributed by atoms with Crippen LogP contribution in [0.2, 0.25) is 0 Å². The van der Waals surface area contributed by atoms with Gasteiger partial charge >= 0.3 is 0 Å². The Morgan fingerprint density at radius 3 is 3.00 bits per heavy atom. The van der Waals surface area contributed by atoms with Gasteiger partial charge in [0.05, 0.1) is 12.6 Å². The smallest absolute Gasteiger partial charge is 0.0931 e. The molecule has 0 radical (unpaired) electrons. The third kappa shape index (κ3) is 5.76. The molecule has 0 saturated carbocycles. The van der Waals surface area contributed by atoms with E-state index in [0.717, 1.165) is 5.75 Å². The Morgan fingerprint density at radius 2 is 2.50 bits per heavy atom. The van der Waals surface area contributed by atoms with E-state index < -0.39 is 0 Å². The van der Waals surface area contributed by atoms with Crippen LogP contribution in [-0.4, -0.2) is 18.8 Å². The van der Waals surface area contributed by atoms with Gasteiger partial charge in [0.2, 0.25) is 0 Å². The first-order valence-electron chi connectivity index (χ1n) is 2.33. The lowest BCUT2D eigenvalue weighted by Gasteiger charge is -1.93. The first-order chi connectivity index (χ1) is 3.91. The van der Waals surface area contributed by atoms with Crippen LogP contribution in [-0.2, 0) is 0 Å². The zero-order valence-electron chi connectivity index (χ0n) is 4.55. The first-order valence-corrected chi connectivity index (χ1v) is 3.32. The molecule has 0 spiro atoms. The summed E-state index contributed by atoms with van der Waals surface area (Å²) in [5.74, 6) is 0.863. The van der Waals surface area contributed by atoms with Gasteiger partial charge in [0.25, 0.3) is 0 Å². The minimum absolute atomic E-state index is 0.394. The van der Waals surface area contributed by atoms with Crippen LogP contribution in [0, 0.1) is 11.3 Å². The molecular weight excluding hydrogens is 122 g/mol. The minimum Gasteiger partial charge on any atom is -0.330 e. The molecule has 46 valence electrons. The van der Waals surface area contributed by atoms with E-state index in [1.165, 1.54) is 11.9 Å². The van der Waals surface area contributed by atoms with Crippen molar-refractivity contribution in [3.05, 3.63) is 0 Å². The highest BCUT2D eigenvalue weighted by molar-refractivity contribution is 7.97. The molecule has 0 aliphatic heterocycles. The predicted octanol–water partition coefficient (Wildman–Crippen LogP) is -0.294. The van der Waals surface area contributed by atoms with Crippen molar-refractivity contribution in [2.45, 2.75) is 0 Å². The van der Waals surface area contributed by atoms with E-state index >= 15 is 0 Å². The standard InChI is InChI=1S/C4H9N3S/c5-1-3-7-8-4-2-6/h7H,2-4,6H2. The van der Waals surface area contributed by atoms with Crippen molar-refractivity contribution in [1.29, 1.82) is 5.26 Å². The van der Waals surface area contributed by atoms with Gasteiger partial charge in [-0.15, -0.1) is 0 Å². The molecule has 0 aromatic heterocycles. The Morgan fingerprint density at radius 1 is 1.75 bits per heavy atom. The predicted molar refractivity (Wildman–Crippen MR) is 35.1 cm³/mol. The molecule has 0 amide bonds. The van der Waals surface area contributed by atoms with Crippen LogP contribution in [0.3, 0.4) is 0 Å². The Balaban J connectivity index is 2.65. The number of nitrogens with one attached hydrogen (secondary N) is 1. The molecule has 0 unspecified atom stereocenters. The second kappa shape index (κ2) is 6.76. The Bertz CT molecular complexity index is 77.8. The van der Waals surface area contributed by atoms with E-state index in [2.05, 4.69) is 4.72 Å². The van der Waals surface area contributed by atoms with E-state index in [-0.39, 0.29) is 0 Å². The van der Waals surface area contributed by atoms with Gasteiger partial charge in [-0.25, -0.2) is 4.72 Å². The van der Waals surface area contributed by atoms with Crippen molar-refractivity contribution in [2.24, 2.45) is 5.73 Å². The molecule has 3 nitrogen and oxygen atoms in total. The number of nitrogens with zero attached hydrogens (tertiary/aromatic N) is 1. The molecule has 0 fully saturated rings. The fraction of sp³-hybridized carbons (Fsp3) is 0.750. The van der Waals surface area contributed by atoms with E-state index in [1.54, 1.807) is 0 Å². The Labute approximate surface area is 53.4 Å². The zero-order chi connectivity index (χ0) is 6.24. The molecule has 4 heteroatoms. The van der Waals surface area contributed by atoms with Crippen LogP contribution in [0.5, 0.6) is 0 Å². The van der Waals surface area contributed by atoms with Crippen LogP contribution in [0.25, 0.3) is 0 Å². The van der Waals surface area contributed by atoms with E-state index in [1.807, 2.05) is 6.07 Å². The monoisotopic (exact) mass is 131 g/mol. The second-order valence-corrected chi connectivity index (χ2v) is 2.10. The summed E-state index contributed by atoms with van der Waals surface area (Å²) in [7, 11) is 0. The van der Waals surface area contributed by atoms with E-state index in [0.29, 0.717) is 13.1 Å². The van der Waals surface area contributed by atoms with Gasteiger partial charge in [-0.2, -0.15) is 5.26 Å². The lowest BCUT2D eigenvalue weighted by molar-refractivity contribution is 1.10. The summed E-state index contributed by atoms with van der Waals surface area (Å²) in [6.07, 6.45) is 0. The van der Waals surface area contributed by atoms with Crippen LogP contribution in [0.1, 0.15) is 0 Å². The first kappa shape index (κ1) is 7.76. The van der Waals surface area contributed by atoms with E-state index in [4.69, 9.17) is 11.0 Å². The van der Waals surface area contributed by atoms with Crippen LogP contribution < -0.4 is 10.5 Å². The molecule has 0 aromatic rings. The van der Waals surface area contributed by atoms with Gasteiger partial charge in [0.15, 0.2) is 0 Å². The number of rotatable bonds is 4. The van der Waals surface area contributed by atoms with Crippen LogP contribution >= 0.6 is 11.9 Å². The molecule has 0 rings (SSSR count). The molecule has 0 bridgehead atoms. The summed E-state index contributed by atoms with van der Waals surface area (Å²) in [5.41, 5.74) is 5.17. The summed E-state index contributed by atoms with van der Waals surface area (Å²) < 4.78 is 2.81. The van der Waals surface area contributed by atoms with Gasteiger partial charge in [-0.3, -0.25) is 0 Å². The number of hydrogen-bond donors (Lipinski definition) is 2. The highest BCUT2D eigenvalue weighted by atomic mass is 32.2. The molecule has 3 N–H and O–H groups in total. The third-order valence-electron chi connectivity index (χ3n) is 0.473. The minimum atomic E-state index is 0.394. The third-order valence-corrected chi connectivity index (χ3v) is 1.26. The Kier molecular flexibility index (Phi) is 6.56.